The van der Waals surface area contributed by atoms with Crippen LogP contribution in [-0.4, -0.2) is 35.8 Å². The molecule has 0 aliphatic carbocycles. The summed E-state index contributed by atoms with van der Waals surface area (Å²) in [5.41, 5.74) is 4.71. The van der Waals surface area contributed by atoms with E-state index in [4.69, 9.17) is 0 Å². The molecule has 0 radical (unpaired) electrons. The Morgan fingerprint density at radius 3 is 2.76 bits per heavy atom. The van der Waals surface area contributed by atoms with Crippen molar-refractivity contribution < 1.29 is 4.79 Å². The molecular formula is C24H26N6O2S. The highest BCUT2D eigenvalue weighted by Gasteiger charge is 2.16. The fraction of sp³-hybridized carbons (Fsp3) is 0.292. The van der Waals surface area contributed by atoms with Crippen LogP contribution in [-0.2, 0) is 24.7 Å². The summed E-state index contributed by atoms with van der Waals surface area (Å²) < 4.78 is 3.39. The van der Waals surface area contributed by atoms with Gasteiger partial charge in [-0.05, 0) is 49.6 Å². The maximum Gasteiger partial charge on any atom is 0.261 e. The molecule has 3 aromatic heterocycles. The number of nitrogens with one attached hydrogen (secondary N) is 1. The number of hydrogen-bond donors (Lipinski definition) is 1. The maximum atomic E-state index is 13.1. The van der Waals surface area contributed by atoms with E-state index in [0.717, 1.165) is 17.7 Å². The lowest BCUT2D eigenvalue weighted by Crippen LogP contribution is -2.22. The number of carbonyl (C=O) groups excluding carboxylic acids is 1. The largest absolute Gasteiger partial charge is 0.325 e. The third-order valence-corrected chi connectivity index (χ3v) is 6.50. The van der Waals surface area contributed by atoms with E-state index in [1.54, 1.807) is 10.6 Å². The number of fused-ring (bicyclic) bond motifs is 1. The highest BCUT2D eigenvalue weighted by atomic mass is 32.2. The van der Waals surface area contributed by atoms with Crippen molar-refractivity contribution in [3.63, 3.8) is 0 Å². The van der Waals surface area contributed by atoms with E-state index in [-0.39, 0.29) is 17.2 Å². The average molecular weight is 463 g/mol. The van der Waals surface area contributed by atoms with Crippen LogP contribution in [0.25, 0.3) is 5.65 Å². The van der Waals surface area contributed by atoms with Crippen LogP contribution >= 0.6 is 11.8 Å². The van der Waals surface area contributed by atoms with Gasteiger partial charge < -0.3 is 9.88 Å². The third-order valence-electron chi connectivity index (χ3n) is 5.48. The van der Waals surface area contributed by atoms with Crippen LogP contribution in [0.4, 0.5) is 5.69 Å². The van der Waals surface area contributed by atoms with Gasteiger partial charge >= 0.3 is 0 Å². The Morgan fingerprint density at radius 2 is 1.97 bits per heavy atom. The van der Waals surface area contributed by atoms with Crippen LogP contribution in [0.5, 0.6) is 0 Å². The van der Waals surface area contributed by atoms with Gasteiger partial charge in [0.05, 0.1) is 5.75 Å². The Bertz CT molecular complexity index is 1390. The molecule has 0 saturated heterocycles. The second kappa shape index (κ2) is 9.58. The standard InChI is InChI=1S/C24H26N6O2S/c1-5-17-7-6-8-18(11-17)26-22(31)14-33-24-28-27-21(29(24)4)12-19-16(3)25-20-10-9-15(2)13-30(20)23(19)32/h6-11,13H,5,12,14H2,1-4H3,(H,26,31). The van der Waals surface area contributed by atoms with E-state index in [0.29, 0.717) is 34.3 Å². The van der Waals surface area contributed by atoms with Crippen LogP contribution in [0, 0.1) is 13.8 Å². The van der Waals surface area contributed by atoms with Crippen LogP contribution in [0.1, 0.15) is 35.1 Å². The van der Waals surface area contributed by atoms with E-state index < -0.39 is 0 Å². The van der Waals surface area contributed by atoms with Crippen molar-refractivity contribution in [1.29, 1.82) is 0 Å². The molecule has 4 aromatic rings. The molecule has 4 rings (SSSR count). The first kappa shape index (κ1) is 22.7. The molecule has 1 N–H and O–H groups in total. The molecule has 0 aliphatic rings. The first-order valence-electron chi connectivity index (χ1n) is 10.7. The number of aromatic nitrogens is 5. The van der Waals surface area contributed by atoms with Crippen LogP contribution in [0.3, 0.4) is 0 Å². The number of anilines is 1. The molecule has 1 aromatic carbocycles. The Labute approximate surface area is 196 Å². The smallest absolute Gasteiger partial charge is 0.261 e. The number of rotatable bonds is 7. The van der Waals surface area contributed by atoms with Gasteiger partial charge in [-0.1, -0.05) is 36.9 Å². The lowest BCUT2D eigenvalue weighted by molar-refractivity contribution is -0.113. The minimum atomic E-state index is -0.110. The van der Waals surface area contributed by atoms with Gasteiger partial charge in [0.15, 0.2) is 5.16 Å². The summed E-state index contributed by atoms with van der Waals surface area (Å²) in [7, 11) is 1.84. The minimum absolute atomic E-state index is 0.105. The Kier molecular flexibility index (Phi) is 6.60. The number of aryl methyl sites for hydroxylation is 3. The van der Waals surface area contributed by atoms with Gasteiger partial charge in [-0.2, -0.15) is 0 Å². The van der Waals surface area contributed by atoms with Gasteiger partial charge in [0.2, 0.25) is 5.91 Å². The molecule has 0 unspecified atom stereocenters. The molecule has 33 heavy (non-hydrogen) atoms. The van der Waals surface area contributed by atoms with Crippen LogP contribution < -0.4 is 10.9 Å². The lowest BCUT2D eigenvalue weighted by atomic mass is 10.1. The molecule has 3 heterocycles. The summed E-state index contributed by atoms with van der Waals surface area (Å²) in [6.07, 6.45) is 3.02. The van der Waals surface area contributed by atoms with Gasteiger partial charge in [-0.15, -0.1) is 10.2 Å². The lowest BCUT2D eigenvalue weighted by Gasteiger charge is -2.09. The zero-order valence-corrected chi connectivity index (χ0v) is 19.9. The number of carbonyl (C=O) groups is 1. The van der Waals surface area contributed by atoms with E-state index in [2.05, 4.69) is 27.4 Å². The molecule has 170 valence electrons. The Hall–Kier alpha value is -3.46. The first-order chi connectivity index (χ1) is 15.9. The van der Waals surface area contributed by atoms with Crippen molar-refractivity contribution in [2.24, 2.45) is 7.05 Å². The van der Waals surface area contributed by atoms with E-state index >= 15 is 0 Å². The van der Waals surface area contributed by atoms with Crippen molar-refractivity contribution >= 4 is 29.0 Å². The summed E-state index contributed by atoms with van der Waals surface area (Å²) in [6.45, 7) is 5.85. The topological polar surface area (TPSA) is 94.2 Å². The second-order valence-electron chi connectivity index (χ2n) is 7.94. The van der Waals surface area contributed by atoms with Gasteiger partial charge in [0, 0.05) is 36.6 Å². The SMILES string of the molecule is CCc1cccc(NC(=O)CSc2nnc(Cc3c(C)nc4ccc(C)cn4c3=O)n2C)c1. The fourth-order valence-electron chi connectivity index (χ4n) is 3.57. The summed E-state index contributed by atoms with van der Waals surface area (Å²) in [6, 6.07) is 11.6. The molecule has 0 fully saturated rings. The minimum Gasteiger partial charge on any atom is -0.325 e. The average Bonchev–Trinajstić information content (AvgIpc) is 3.15. The van der Waals surface area contributed by atoms with Crippen LogP contribution in [0.15, 0.2) is 52.5 Å². The number of pyridine rings is 1. The fourth-order valence-corrected chi connectivity index (χ4v) is 4.30. The van der Waals surface area contributed by atoms with Crippen LogP contribution in [0.2, 0.25) is 0 Å². The maximum absolute atomic E-state index is 13.1. The van der Waals surface area contributed by atoms with Gasteiger partial charge in [0.25, 0.3) is 5.56 Å². The zero-order valence-electron chi connectivity index (χ0n) is 19.1. The quantitative estimate of drug-likeness (QED) is 0.424. The van der Waals surface area contributed by atoms with Gasteiger partial charge in [-0.25, -0.2) is 4.98 Å². The van der Waals surface area contributed by atoms with E-state index in [9.17, 15) is 9.59 Å². The number of nitrogens with zero attached hydrogens (tertiary/aromatic N) is 5. The first-order valence-corrected chi connectivity index (χ1v) is 11.7. The molecule has 8 nitrogen and oxygen atoms in total. The summed E-state index contributed by atoms with van der Waals surface area (Å²) >= 11 is 1.31. The van der Waals surface area contributed by atoms with E-state index in [1.165, 1.54) is 17.3 Å². The summed E-state index contributed by atoms with van der Waals surface area (Å²) in [4.78, 5) is 30.0. The molecule has 0 bridgehead atoms. The van der Waals surface area contributed by atoms with Crippen molar-refractivity contribution in [2.45, 2.75) is 38.8 Å². The Balaban J connectivity index is 1.47. The molecule has 0 spiro atoms. The monoisotopic (exact) mass is 462 g/mol. The number of thioether (sulfide) groups is 1. The highest BCUT2D eigenvalue weighted by Crippen LogP contribution is 2.19. The van der Waals surface area contributed by atoms with Crippen molar-refractivity contribution in [2.75, 3.05) is 11.1 Å². The van der Waals surface area contributed by atoms with Crippen molar-refractivity contribution in [1.82, 2.24) is 24.1 Å². The number of benzene rings is 1. The number of hydrogen-bond acceptors (Lipinski definition) is 6. The van der Waals surface area contributed by atoms with Crippen molar-refractivity contribution in [3.8, 4) is 0 Å². The normalized spacial score (nSPS) is 11.2. The second-order valence-corrected chi connectivity index (χ2v) is 8.88. The van der Waals surface area contributed by atoms with Gasteiger partial charge in [-0.3, -0.25) is 14.0 Å². The highest BCUT2D eigenvalue weighted by molar-refractivity contribution is 7.99. The predicted octanol–water partition coefficient (Wildman–Crippen LogP) is 3.32. The zero-order chi connectivity index (χ0) is 23.5. The third kappa shape index (κ3) is 4.98. The molecule has 1 amide bonds. The molecular weight excluding hydrogens is 436 g/mol. The molecule has 9 heteroatoms. The predicted molar refractivity (Wildman–Crippen MR) is 130 cm³/mol. The summed E-state index contributed by atoms with van der Waals surface area (Å²) in [5.74, 6) is 0.741. The molecule has 0 aliphatic heterocycles. The Morgan fingerprint density at radius 1 is 1.15 bits per heavy atom. The van der Waals surface area contributed by atoms with Gasteiger partial charge in [0.1, 0.15) is 11.5 Å². The van der Waals surface area contributed by atoms with E-state index in [1.807, 2.05) is 61.9 Å². The van der Waals surface area contributed by atoms with Crippen molar-refractivity contribution in [3.05, 3.63) is 81.2 Å². The number of amides is 1. The summed E-state index contributed by atoms with van der Waals surface area (Å²) in [5, 5.41) is 12.0. The molecule has 0 saturated carbocycles. The molecule has 0 atom stereocenters.